The zero-order valence-electron chi connectivity index (χ0n) is 13.6. The highest BCUT2D eigenvalue weighted by Gasteiger charge is 2.08. The highest BCUT2D eigenvalue weighted by molar-refractivity contribution is 5.30. The van der Waals surface area contributed by atoms with E-state index in [9.17, 15) is 0 Å². The van der Waals surface area contributed by atoms with Crippen molar-refractivity contribution in [3.05, 3.63) is 11.8 Å². The van der Waals surface area contributed by atoms with E-state index < -0.39 is 0 Å². The highest BCUT2D eigenvalue weighted by Crippen LogP contribution is 2.16. The normalized spacial score (nSPS) is 12.5. The van der Waals surface area contributed by atoms with E-state index in [1.807, 2.05) is 26.8 Å². The van der Waals surface area contributed by atoms with Crippen LogP contribution in [0.5, 0.6) is 5.88 Å². The van der Waals surface area contributed by atoms with Crippen LogP contribution in [0.2, 0.25) is 0 Å². The van der Waals surface area contributed by atoms with Gasteiger partial charge in [-0.25, -0.2) is 4.98 Å². The molecule has 1 N–H and O–H groups in total. The fourth-order valence-electron chi connectivity index (χ4n) is 2.10. The summed E-state index contributed by atoms with van der Waals surface area (Å²) in [5, 5.41) is 3.36. The van der Waals surface area contributed by atoms with Gasteiger partial charge in [0.1, 0.15) is 0 Å². The lowest BCUT2D eigenvalue weighted by atomic mass is 9.99. The molecule has 114 valence electrons. The Morgan fingerprint density at radius 3 is 2.60 bits per heavy atom. The second kappa shape index (κ2) is 8.77. The zero-order valence-corrected chi connectivity index (χ0v) is 13.6. The highest BCUT2D eigenvalue weighted by atomic mass is 16.5. The van der Waals surface area contributed by atoms with E-state index in [0.717, 1.165) is 12.2 Å². The molecule has 1 aromatic rings. The smallest absolute Gasteiger partial charge is 0.226 e. The van der Waals surface area contributed by atoms with Gasteiger partial charge in [0.2, 0.25) is 11.8 Å². The van der Waals surface area contributed by atoms with Crippen molar-refractivity contribution in [2.24, 2.45) is 5.92 Å². The molecule has 4 heteroatoms. The van der Waals surface area contributed by atoms with Crippen molar-refractivity contribution >= 4 is 5.95 Å². The quantitative estimate of drug-likeness (QED) is 0.736. The Kier molecular flexibility index (Phi) is 7.34. The third-order valence-electron chi connectivity index (χ3n) is 3.28. The second-order valence-corrected chi connectivity index (χ2v) is 5.64. The van der Waals surface area contributed by atoms with Crippen LogP contribution in [0.3, 0.4) is 0 Å². The van der Waals surface area contributed by atoms with Gasteiger partial charge in [0.25, 0.3) is 0 Å². The van der Waals surface area contributed by atoms with E-state index in [1.54, 1.807) is 0 Å². The Morgan fingerprint density at radius 2 is 2.00 bits per heavy atom. The number of anilines is 1. The lowest BCUT2D eigenvalue weighted by Gasteiger charge is -2.16. The molecule has 0 saturated heterocycles. The van der Waals surface area contributed by atoms with Crippen molar-refractivity contribution in [3.63, 3.8) is 0 Å². The fraction of sp³-hybridized carbons (Fsp3) is 0.750. The summed E-state index contributed by atoms with van der Waals surface area (Å²) in [5.41, 5.74) is 0.930. The Bertz CT molecular complexity index is 393. The van der Waals surface area contributed by atoms with Crippen LogP contribution < -0.4 is 10.1 Å². The molecule has 1 aromatic heterocycles. The van der Waals surface area contributed by atoms with Crippen LogP contribution >= 0.6 is 0 Å². The minimum Gasteiger partial charge on any atom is -0.475 e. The molecule has 0 fully saturated rings. The molecule has 1 unspecified atom stereocenters. The summed E-state index contributed by atoms with van der Waals surface area (Å²) >= 11 is 0. The number of hydrogen-bond acceptors (Lipinski definition) is 4. The molecular weight excluding hydrogens is 250 g/mol. The number of ether oxygens (including phenoxy) is 1. The minimum absolute atomic E-state index is 0.130. The maximum Gasteiger partial charge on any atom is 0.226 e. The van der Waals surface area contributed by atoms with E-state index in [-0.39, 0.29) is 6.10 Å². The van der Waals surface area contributed by atoms with Gasteiger partial charge >= 0.3 is 0 Å². The summed E-state index contributed by atoms with van der Waals surface area (Å²) < 4.78 is 5.64. The first-order valence-electron chi connectivity index (χ1n) is 7.81. The number of hydrogen-bond donors (Lipinski definition) is 1. The first kappa shape index (κ1) is 16.7. The third kappa shape index (κ3) is 6.22. The maximum absolute atomic E-state index is 5.64. The standard InChI is InChI=1S/C16H29N3O/c1-6-8-9-14(7-2)11-17-16-18-13(5)10-15(19-16)20-12(3)4/h10,12,14H,6-9,11H2,1-5H3,(H,17,18,19). The van der Waals surface area contributed by atoms with Crippen molar-refractivity contribution in [3.8, 4) is 5.88 Å². The van der Waals surface area contributed by atoms with Gasteiger partial charge in [0.05, 0.1) is 6.10 Å². The Balaban J connectivity index is 2.59. The molecule has 0 radical (unpaired) electrons. The molecule has 0 aliphatic rings. The molecule has 0 saturated carbocycles. The predicted octanol–water partition coefficient (Wildman–Crippen LogP) is 4.20. The first-order chi connectivity index (χ1) is 9.55. The summed E-state index contributed by atoms with van der Waals surface area (Å²) in [7, 11) is 0. The van der Waals surface area contributed by atoms with E-state index >= 15 is 0 Å². The average molecular weight is 279 g/mol. The van der Waals surface area contributed by atoms with Crippen molar-refractivity contribution < 1.29 is 4.74 Å². The summed E-state index contributed by atoms with van der Waals surface area (Å²) in [6, 6.07) is 1.87. The van der Waals surface area contributed by atoms with Gasteiger partial charge in [0, 0.05) is 18.3 Å². The maximum atomic E-state index is 5.64. The lowest BCUT2D eigenvalue weighted by Crippen LogP contribution is -2.16. The molecule has 0 amide bonds. The third-order valence-corrected chi connectivity index (χ3v) is 3.28. The molecule has 20 heavy (non-hydrogen) atoms. The molecule has 1 atom stereocenters. The minimum atomic E-state index is 0.130. The van der Waals surface area contributed by atoms with Gasteiger partial charge in [-0.2, -0.15) is 4.98 Å². The van der Waals surface area contributed by atoms with Crippen LogP contribution in [-0.2, 0) is 0 Å². The number of rotatable bonds is 9. The van der Waals surface area contributed by atoms with Crippen LogP contribution in [0, 0.1) is 12.8 Å². The summed E-state index contributed by atoms with van der Waals surface area (Å²) in [6.45, 7) is 11.4. The molecular formula is C16H29N3O. The molecule has 0 aromatic carbocycles. The summed E-state index contributed by atoms with van der Waals surface area (Å²) in [5.74, 6) is 2.01. The summed E-state index contributed by atoms with van der Waals surface area (Å²) in [4.78, 5) is 8.84. The van der Waals surface area contributed by atoms with E-state index in [0.29, 0.717) is 17.7 Å². The van der Waals surface area contributed by atoms with Crippen molar-refractivity contribution in [2.75, 3.05) is 11.9 Å². The Morgan fingerprint density at radius 1 is 1.25 bits per heavy atom. The number of unbranched alkanes of at least 4 members (excludes halogenated alkanes) is 1. The number of aryl methyl sites for hydroxylation is 1. The predicted molar refractivity (Wildman–Crippen MR) is 84.3 cm³/mol. The number of aromatic nitrogens is 2. The van der Waals surface area contributed by atoms with Gasteiger partial charge in [-0.3, -0.25) is 0 Å². The van der Waals surface area contributed by atoms with E-state index in [4.69, 9.17) is 4.74 Å². The summed E-state index contributed by atoms with van der Waals surface area (Å²) in [6.07, 6.45) is 5.13. The number of nitrogens with zero attached hydrogens (tertiary/aromatic N) is 2. The van der Waals surface area contributed by atoms with Crippen LogP contribution in [0.1, 0.15) is 59.1 Å². The molecule has 0 spiro atoms. The second-order valence-electron chi connectivity index (χ2n) is 5.64. The van der Waals surface area contributed by atoms with Crippen molar-refractivity contribution in [2.45, 2.75) is 66.4 Å². The van der Waals surface area contributed by atoms with Gasteiger partial charge in [-0.05, 0) is 33.1 Å². The van der Waals surface area contributed by atoms with E-state index in [1.165, 1.54) is 25.7 Å². The van der Waals surface area contributed by atoms with Gasteiger partial charge in [-0.15, -0.1) is 0 Å². The van der Waals surface area contributed by atoms with Gasteiger partial charge in [-0.1, -0.05) is 33.1 Å². The molecule has 4 nitrogen and oxygen atoms in total. The van der Waals surface area contributed by atoms with Crippen LogP contribution in [0.15, 0.2) is 6.07 Å². The topological polar surface area (TPSA) is 47.0 Å². The molecule has 0 bridgehead atoms. The van der Waals surface area contributed by atoms with Crippen molar-refractivity contribution in [1.29, 1.82) is 0 Å². The van der Waals surface area contributed by atoms with Crippen LogP contribution in [0.4, 0.5) is 5.95 Å². The average Bonchev–Trinajstić information content (AvgIpc) is 2.37. The largest absolute Gasteiger partial charge is 0.475 e. The molecule has 0 aliphatic carbocycles. The Hall–Kier alpha value is -1.32. The molecule has 1 rings (SSSR count). The van der Waals surface area contributed by atoms with Gasteiger partial charge in [0.15, 0.2) is 0 Å². The lowest BCUT2D eigenvalue weighted by molar-refractivity contribution is 0.232. The first-order valence-corrected chi connectivity index (χ1v) is 7.81. The number of nitrogens with one attached hydrogen (secondary N) is 1. The Labute approximate surface area is 123 Å². The van der Waals surface area contributed by atoms with Crippen LogP contribution in [0.25, 0.3) is 0 Å². The van der Waals surface area contributed by atoms with Gasteiger partial charge < -0.3 is 10.1 Å². The molecule has 0 aliphatic heterocycles. The fourth-order valence-corrected chi connectivity index (χ4v) is 2.10. The molecule has 1 heterocycles. The monoisotopic (exact) mass is 279 g/mol. The van der Waals surface area contributed by atoms with Crippen molar-refractivity contribution in [1.82, 2.24) is 9.97 Å². The zero-order chi connectivity index (χ0) is 15.0. The SMILES string of the molecule is CCCCC(CC)CNc1nc(C)cc(OC(C)C)n1. The van der Waals surface area contributed by atoms with E-state index in [2.05, 4.69) is 29.1 Å². The van der Waals surface area contributed by atoms with Crippen LogP contribution in [-0.4, -0.2) is 22.6 Å².